The first kappa shape index (κ1) is 15.9. The van der Waals surface area contributed by atoms with Gasteiger partial charge in [0.1, 0.15) is 17.5 Å². The number of hydrogen-bond donors (Lipinski definition) is 2. The van der Waals surface area contributed by atoms with Gasteiger partial charge < -0.3 is 10.6 Å². The lowest BCUT2D eigenvalue weighted by molar-refractivity contribution is 0.835. The smallest absolute Gasteiger partial charge is 0.139 e. The molecule has 4 nitrogen and oxygen atoms in total. The summed E-state index contributed by atoms with van der Waals surface area (Å²) in [6.07, 6.45) is 1.82. The highest BCUT2D eigenvalue weighted by Gasteiger charge is 2.11. The number of benzene rings is 1. The quantitative estimate of drug-likeness (QED) is 0.827. The van der Waals surface area contributed by atoms with E-state index < -0.39 is 0 Å². The molecule has 0 aliphatic heterocycles. The number of nitrogens with one attached hydrogen (secondary N) is 2. The predicted molar refractivity (Wildman–Crippen MR) is 90.1 cm³/mol. The van der Waals surface area contributed by atoms with Crippen LogP contribution in [0.5, 0.6) is 0 Å². The molecule has 0 saturated carbocycles. The Hall–Kier alpha value is -1.52. The van der Waals surface area contributed by atoms with Crippen LogP contribution < -0.4 is 10.6 Å². The lowest BCUT2D eigenvalue weighted by Crippen LogP contribution is -2.07. The Morgan fingerprint density at radius 1 is 1.14 bits per heavy atom. The Morgan fingerprint density at radius 3 is 2.48 bits per heavy atom. The largest absolute Gasteiger partial charge is 0.373 e. The monoisotopic (exact) mass is 324 g/mol. The van der Waals surface area contributed by atoms with Gasteiger partial charge in [0.15, 0.2) is 0 Å². The van der Waals surface area contributed by atoms with Gasteiger partial charge in [0.2, 0.25) is 0 Å². The zero-order valence-electron chi connectivity index (χ0n) is 12.3. The van der Waals surface area contributed by atoms with Crippen LogP contribution in [0.2, 0.25) is 10.0 Å². The summed E-state index contributed by atoms with van der Waals surface area (Å²) in [5, 5.41) is 7.52. The molecule has 0 bridgehead atoms. The van der Waals surface area contributed by atoms with Gasteiger partial charge in [0.25, 0.3) is 0 Å². The number of nitrogens with zero attached hydrogens (tertiary/aromatic N) is 2. The summed E-state index contributed by atoms with van der Waals surface area (Å²) >= 11 is 12.1. The van der Waals surface area contributed by atoms with Crippen molar-refractivity contribution >= 4 is 40.5 Å². The first-order chi connectivity index (χ1) is 10.0. The van der Waals surface area contributed by atoms with E-state index in [0.29, 0.717) is 10.0 Å². The molecule has 112 valence electrons. The first-order valence-electron chi connectivity index (χ1n) is 6.82. The molecule has 0 atom stereocenters. The molecule has 0 aliphatic carbocycles. The van der Waals surface area contributed by atoms with Crippen molar-refractivity contribution in [1.82, 2.24) is 9.97 Å². The van der Waals surface area contributed by atoms with E-state index in [-0.39, 0.29) is 0 Å². The van der Waals surface area contributed by atoms with E-state index in [4.69, 9.17) is 23.2 Å². The number of aryl methyl sites for hydroxylation is 1. The van der Waals surface area contributed by atoms with Gasteiger partial charge in [0, 0.05) is 24.1 Å². The van der Waals surface area contributed by atoms with Crippen LogP contribution in [0, 0.1) is 6.92 Å². The number of rotatable bonds is 5. The number of hydrogen-bond acceptors (Lipinski definition) is 4. The van der Waals surface area contributed by atoms with E-state index in [1.165, 1.54) is 0 Å². The van der Waals surface area contributed by atoms with Crippen molar-refractivity contribution < 1.29 is 0 Å². The van der Waals surface area contributed by atoms with Crippen LogP contribution in [0.1, 0.15) is 24.7 Å². The molecule has 1 aromatic carbocycles. The van der Waals surface area contributed by atoms with Gasteiger partial charge in [-0.3, -0.25) is 0 Å². The van der Waals surface area contributed by atoms with Crippen molar-refractivity contribution in [3.8, 4) is 0 Å². The van der Waals surface area contributed by atoms with Crippen molar-refractivity contribution in [2.24, 2.45) is 0 Å². The summed E-state index contributed by atoms with van der Waals surface area (Å²) in [6, 6.07) is 5.33. The molecule has 0 amide bonds. The molecule has 0 fully saturated rings. The maximum Gasteiger partial charge on any atom is 0.139 e. The third-order valence-electron chi connectivity index (χ3n) is 3.09. The summed E-state index contributed by atoms with van der Waals surface area (Å²) < 4.78 is 0. The number of aromatic nitrogens is 2. The van der Waals surface area contributed by atoms with Crippen LogP contribution in [-0.2, 0) is 6.42 Å². The number of halogens is 2. The lowest BCUT2D eigenvalue weighted by Gasteiger charge is -2.14. The van der Waals surface area contributed by atoms with Crippen LogP contribution in [-0.4, -0.2) is 17.0 Å². The molecule has 0 unspecified atom stereocenters. The molecule has 2 N–H and O–H groups in total. The van der Waals surface area contributed by atoms with Crippen molar-refractivity contribution in [2.75, 3.05) is 17.7 Å². The summed E-state index contributed by atoms with van der Waals surface area (Å²) in [6.45, 7) is 4.07. The second-order valence-electron chi connectivity index (χ2n) is 4.71. The standard InChI is InChI=1S/C15H18Cl2N4/c1-4-5-13-20-14(18-3)9(2)15(21-13)19-12-7-6-10(16)8-11(12)17/h6-8H,4-5H2,1-3H3,(H2,18,19,20,21). The van der Waals surface area contributed by atoms with E-state index in [1.807, 2.05) is 20.0 Å². The van der Waals surface area contributed by atoms with Crippen molar-refractivity contribution in [2.45, 2.75) is 26.7 Å². The van der Waals surface area contributed by atoms with Gasteiger partial charge in [-0.25, -0.2) is 9.97 Å². The predicted octanol–water partition coefficient (Wildman–Crippen LogP) is 4.83. The van der Waals surface area contributed by atoms with E-state index in [9.17, 15) is 0 Å². The molecule has 0 aliphatic rings. The van der Waals surface area contributed by atoms with Crippen LogP contribution in [0.4, 0.5) is 17.3 Å². The van der Waals surface area contributed by atoms with Gasteiger partial charge in [-0.15, -0.1) is 0 Å². The Balaban J connectivity index is 2.40. The summed E-state index contributed by atoms with van der Waals surface area (Å²) in [5.74, 6) is 2.38. The van der Waals surface area contributed by atoms with Crippen LogP contribution in [0.15, 0.2) is 18.2 Å². The SMILES string of the molecule is CCCc1nc(NC)c(C)c(Nc2ccc(Cl)cc2Cl)n1. The van der Waals surface area contributed by atoms with Gasteiger partial charge in [0.05, 0.1) is 10.7 Å². The maximum atomic E-state index is 6.20. The second-order valence-corrected chi connectivity index (χ2v) is 5.55. The molecule has 1 heterocycles. The van der Waals surface area contributed by atoms with E-state index in [0.717, 1.165) is 41.6 Å². The summed E-state index contributed by atoms with van der Waals surface area (Å²) in [4.78, 5) is 9.08. The lowest BCUT2D eigenvalue weighted by atomic mass is 10.2. The molecule has 6 heteroatoms. The normalized spacial score (nSPS) is 10.5. The molecule has 2 rings (SSSR count). The van der Waals surface area contributed by atoms with Gasteiger partial charge in [-0.1, -0.05) is 30.1 Å². The Bertz CT molecular complexity index is 644. The molecule has 0 radical (unpaired) electrons. The molecular formula is C15H18Cl2N4. The summed E-state index contributed by atoms with van der Waals surface area (Å²) in [7, 11) is 1.85. The molecule has 0 saturated heterocycles. The second kappa shape index (κ2) is 6.96. The summed E-state index contributed by atoms with van der Waals surface area (Å²) in [5.41, 5.74) is 1.72. The molecule has 0 spiro atoms. The molecule has 2 aromatic rings. The van der Waals surface area contributed by atoms with E-state index >= 15 is 0 Å². The fourth-order valence-corrected chi connectivity index (χ4v) is 2.44. The fraction of sp³-hybridized carbons (Fsp3) is 0.333. The van der Waals surface area contributed by atoms with Crippen molar-refractivity contribution in [1.29, 1.82) is 0 Å². The highest BCUT2D eigenvalue weighted by atomic mass is 35.5. The molecule has 1 aromatic heterocycles. The Kier molecular flexibility index (Phi) is 5.26. The van der Waals surface area contributed by atoms with Crippen molar-refractivity contribution in [3.05, 3.63) is 39.6 Å². The van der Waals surface area contributed by atoms with Gasteiger partial charge in [-0.05, 0) is 31.5 Å². The van der Waals surface area contributed by atoms with E-state index in [1.54, 1.807) is 12.1 Å². The highest BCUT2D eigenvalue weighted by molar-refractivity contribution is 6.36. The van der Waals surface area contributed by atoms with Crippen molar-refractivity contribution in [3.63, 3.8) is 0 Å². The minimum absolute atomic E-state index is 0.559. The van der Waals surface area contributed by atoms with Crippen LogP contribution in [0.3, 0.4) is 0 Å². The zero-order chi connectivity index (χ0) is 15.4. The maximum absolute atomic E-state index is 6.20. The topological polar surface area (TPSA) is 49.8 Å². The zero-order valence-corrected chi connectivity index (χ0v) is 13.8. The fourth-order valence-electron chi connectivity index (χ4n) is 1.98. The average Bonchev–Trinajstić information content (AvgIpc) is 2.45. The van der Waals surface area contributed by atoms with Gasteiger partial charge >= 0.3 is 0 Å². The Morgan fingerprint density at radius 2 is 1.86 bits per heavy atom. The first-order valence-corrected chi connectivity index (χ1v) is 7.58. The third-order valence-corrected chi connectivity index (χ3v) is 3.63. The van der Waals surface area contributed by atoms with Gasteiger partial charge in [-0.2, -0.15) is 0 Å². The Labute approximate surface area is 134 Å². The minimum Gasteiger partial charge on any atom is -0.373 e. The molecule has 21 heavy (non-hydrogen) atoms. The van der Waals surface area contributed by atoms with Crippen LogP contribution in [0.25, 0.3) is 0 Å². The minimum atomic E-state index is 0.559. The average molecular weight is 325 g/mol. The van der Waals surface area contributed by atoms with Crippen LogP contribution >= 0.6 is 23.2 Å². The third kappa shape index (κ3) is 3.77. The molecular weight excluding hydrogens is 307 g/mol. The highest BCUT2D eigenvalue weighted by Crippen LogP contribution is 2.30. The number of anilines is 3. The van der Waals surface area contributed by atoms with E-state index in [2.05, 4.69) is 27.5 Å².